The number of Topliss-reactive ketones (excluding diaryl/α,β-unsaturated/α-hetero) is 1. The van der Waals surface area contributed by atoms with Crippen LogP contribution >= 0.6 is 0 Å². The smallest absolute Gasteiger partial charge is 0.261 e. The van der Waals surface area contributed by atoms with E-state index >= 15 is 0 Å². The van der Waals surface area contributed by atoms with Crippen LogP contribution in [0.4, 0.5) is 11.4 Å². The van der Waals surface area contributed by atoms with E-state index in [2.05, 4.69) is 36.2 Å². The first kappa shape index (κ1) is 18.0. The number of fused-ring (bicyclic) bond motifs is 1. The minimum atomic E-state index is -0.688. The highest BCUT2D eigenvalue weighted by Crippen LogP contribution is 2.24. The van der Waals surface area contributed by atoms with E-state index in [0.717, 1.165) is 5.69 Å². The van der Waals surface area contributed by atoms with Gasteiger partial charge in [0.05, 0.1) is 11.9 Å². The Kier molecular flexibility index (Phi) is 4.54. The third kappa shape index (κ3) is 3.32. The number of aliphatic hydroxyl groups is 1. The molecule has 0 bridgehead atoms. The fraction of sp³-hybridized carbons (Fsp3) is 0.105. The monoisotopic (exact) mass is 386 g/mol. The lowest BCUT2D eigenvalue weighted by Crippen LogP contribution is -2.21. The van der Waals surface area contributed by atoms with Gasteiger partial charge >= 0.3 is 0 Å². The summed E-state index contributed by atoms with van der Waals surface area (Å²) in [6, 6.07) is 7.42. The van der Waals surface area contributed by atoms with Crippen LogP contribution in [-0.4, -0.2) is 61.2 Å². The molecule has 1 aliphatic heterocycles. The third-order valence-corrected chi connectivity index (χ3v) is 4.06. The summed E-state index contributed by atoms with van der Waals surface area (Å²) >= 11 is 0. The molecule has 29 heavy (non-hydrogen) atoms. The molecule has 0 radical (unpaired) electrons. The van der Waals surface area contributed by atoms with Crippen LogP contribution < -0.4 is 4.90 Å². The van der Waals surface area contributed by atoms with Crippen molar-refractivity contribution in [3.63, 3.8) is 0 Å². The van der Waals surface area contributed by atoms with Crippen molar-refractivity contribution >= 4 is 28.6 Å². The lowest BCUT2D eigenvalue weighted by atomic mass is 10.1. The lowest BCUT2D eigenvalue weighted by Gasteiger charge is -2.11. The molecule has 0 unspecified atom stereocenters. The van der Waals surface area contributed by atoms with Crippen LogP contribution in [0.15, 0.2) is 52.9 Å². The van der Waals surface area contributed by atoms with Crippen molar-refractivity contribution < 1.29 is 9.90 Å². The van der Waals surface area contributed by atoms with Crippen molar-refractivity contribution in [3.8, 4) is 23.5 Å². The van der Waals surface area contributed by atoms with Crippen LogP contribution in [0.3, 0.4) is 0 Å². The number of anilines is 1. The summed E-state index contributed by atoms with van der Waals surface area (Å²) in [6.45, 7) is 0. The van der Waals surface area contributed by atoms with Gasteiger partial charge < -0.3 is 10.0 Å². The Morgan fingerprint density at radius 2 is 1.90 bits per heavy atom. The van der Waals surface area contributed by atoms with Gasteiger partial charge in [0.25, 0.3) is 5.78 Å². The zero-order valence-corrected chi connectivity index (χ0v) is 15.5. The number of carbonyl (C=O) groups is 1. The van der Waals surface area contributed by atoms with Crippen LogP contribution in [0.1, 0.15) is 5.82 Å². The van der Waals surface area contributed by atoms with Crippen LogP contribution in [0.2, 0.25) is 0 Å². The van der Waals surface area contributed by atoms with Crippen molar-refractivity contribution in [3.05, 3.63) is 48.7 Å². The Labute approximate surface area is 165 Å². The number of ketones is 1. The molecular formula is C19H14N8O2. The molecule has 10 nitrogen and oxygen atoms in total. The third-order valence-electron chi connectivity index (χ3n) is 4.06. The van der Waals surface area contributed by atoms with Crippen molar-refractivity contribution in [1.29, 1.82) is 0 Å². The fourth-order valence-electron chi connectivity index (χ4n) is 2.67. The van der Waals surface area contributed by atoms with E-state index < -0.39 is 5.78 Å². The molecule has 1 N–H and O–H groups in total. The molecule has 10 heteroatoms. The molecule has 0 saturated heterocycles. The normalized spacial score (nSPS) is 13.4. The van der Waals surface area contributed by atoms with Gasteiger partial charge in [-0.3, -0.25) is 9.78 Å². The molecule has 3 heterocycles. The van der Waals surface area contributed by atoms with E-state index in [4.69, 9.17) is 5.11 Å². The molecule has 0 amide bonds. The fourth-order valence-corrected chi connectivity index (χ4v) is 2.67. The molecule has 3 aromatic rings. The van der Waals surface area contributed by atoms with Gasteiger partial charge in [0, 0.05) is 38.1 Å². The summed E-state index contributed by atoms with van der Waals surface area (Å²) in [4.78, 5) is 27.1. The van der Waals surface area contributed by atoms with Crippen molar-refractivity contribution in [2.24, 2.45) is 10.1 Å². The molecule has 0 aliphatic carbocycles. The van der Waals surface area contributed by atoms with E-state index in [1.54, 1.807) is 6.11 Å². The van der Waals surface area contributed by atoms with E-state index in [0.29, 0.717) is 17.2 Å². The first-order valence-electron chi connectivity index (χ1n) is 8.45. The van der Waals surface area contributed by atoms with Gasteiger partial charge in [-0.05, 0) is 24.3 Å². The summed E-state index contributed by atoms with van der Waals surface area (Å²) in [5.41, 5.74) is 2.20. The Morgan fingerprint density at radius 1 is 1.14 bits per heavy atom. The van der Waals surface area contributed by atoms with Gasteiger partial charge in [-0.1, -0.05) is 0 Å². The molecule has 2 aromatic heterocycles. The molecule has 142 valence electrons. The van der Waals surface area contributed by atoms with Crippen LogP contribution in [0.25, 0.3) is 11.5 Å². The van der Waals surface area contributed by atoms with Crippen LogP contribution in [0.5, 0.6) is 0 Å². The van der Waals surface area contributed by atoms with Gasteiger partial charge in [-0.2, -0.15) is 9.78 Å². The predicted octanol–water partition coefficient (Wildman–Crippen LogP) is 1.04. The van der Waals surface area contributed by atoms with E-state index in [1.807, 2.05) is 43.3 Å². The van der Waals surface area contributed by atoms with E-state index in [9.17, 15) is 4.79 Å². The maximum Gasteiger partial charge on any atom is 0.261 e. The molecule has 1 aromatic carbocycles. The highest BCUT2D eigenvalue weighted by molar-refractivity contribution is 6.73. The van der Waals surface area contributed by atoms with Crippen molar-refractivity contribution in [1.82, 2.24) is 24.8 Å². The molecule has 4 rings (SSSR count). The molecule has 1 aliphatic rings. The number of benzene rings is 1. The minimum Gasteiger partial charge on any atom is -0.462 e. The van der Waals surface area contributed by atoms with Gasteiger partial charge in [0.15, 0.2) is 5.71 Å². The maximum atomic E-state index is 12.4. The first-order valence-corrected chi connectivity index (χ1v) is 8.45. The number of hydrogen-bond acceptors (Lipinski definition) is 9. The van der Waals surface area contributed by atoms with Gasteiger partial charge in [-0.15, -0.1) is 10.2 Å². The van der Waals surface area contributed by atoms with Gasteiger partial charge in [0.1, 0.15) is 17.5 Å². The Hall–Kier alpha value is -4.39. The Bertz CT molecular complexity index is 1200. The second-order valence-electron chi connectivity index (χ2n) is 6.14. The molecule has 0 atom stereocenters. The highest BCUT2D eigenvalue weighted by Gasteiger charge is 2.32. The number of aliphatic imine (C=N–C) groups is 1. The quantitative estimate of drug-likeness (QED) is 0.665. The maximum absolute atomic E-state index is 12.4. The zero-order chi connectivity index (χ0) is 20.4. The second kappa shape index (κ2) is 7.32. The predicted molar refractivity (Wildman–Crippen MR) is 106 cm³/mol. The summed E-state index contributed by atoms with van der Waals surface area (Å²) in [5.74, 6) is 1.96. The summed E-state index contributed by atoms with van der Waals surface area (Å²) in [6.07, 6.45) is 6.16. The molecule has 0 fully saturated rings. The van der Waals surface area contributed by atoms with Crippen molar-refractivity contribution in [2.75, 3.05) is 19.0 Å². The van der Waals surface area contributed by atoms with E-state index in [-0.39, 0.29) is 17.2 Å². The summed E-state index contributed by atoms with van der Waals surface area (Å²) in [7, 11) is 3.87. The summed E-state index contributed by atoms with van der Waals surface area (Å²) in [5, 5.41) is 21.3. The molecule has 0 saturated carbocycles. The zero-order valence-electron chi connectivity index (χ0n) is 15.5. The van der Waals surface area contributed by atoms with Gasteiger partial charge in [0.2, 0.25) is 11.6 Å². The van der Waals surface area contributed by atoms with Crippen molar-refractivity contribution in [2.45, 2.75) is 0 Å². The molecule has 0 spiro atoms. The lowest BCUT2D eigenvalue weighted by molar-refractivity contribution is -0.108. The van der Waals surface area contributed by atoms with Crippen LogP contribution in [-0.2, 0) is 4.79 Å². The largest absolute Gasteiger partial charge is 0.462 e. The second-order valence-corrected chi connectivity index (χ2v) is 6.14. The molecular weight excluding hydrogens is 372 g/mol. The average Bonchev–Trinajstić information content (AvgIpc) is 3.29. The standard InChI is InChI=1S/C19H14N8O2/c1-26(2)13-5-3-12(4-6-13)22-17-16(15(29)7-10-28)25-27-18(23-24-19(17)27)14-11-20-8-9-21-14/h3-6,8-9,11,28H,1-2H3/b22-17-. The van der Waals surface area contributed by atoms with Gasteiger partial charge in [-0.25, -0.2) is 9.98 Å². The van der Waals surface area contributed by atoms with Crippen LogP contribution in [0, 0.1) is 12.0 Å². The SMILES string of the molecule is CN(C)c1ccc(/N=C2/C(C(=O)C#CO)=Nn3c2nnc3-c2cnccn2)cc1. The number of aromatic nitrogens is 5. The average molecular weight is 386 g/mol. The number of rotatable bonds is 4. The summed E-state index contributed by atoms with van der Waals surface area (Å²) < 4.78 is 1.36. The number of carbonyl (C=O) groups excluding carboxylic acids is 1. The first-order chi connectivity index (χ1) is 14.1. The number of nitrogens with zero attached hydrogens (tertiary/aromatic N) is 8. The Morgan fingerprint density at radius 3 is 2.55 bits per heavy atom. The highest BCUT2D eigenvalue weighted by atomic mass is 16.2. The van der Waals surface area contributed by atoms with E-state index in [1.165, 1.54) is 23.3 Å². The minimum absolute atomic E-state index is 0.0433. The number of hydrogen-bond donors (Lipinski definition) is 1. The number of aliphatic hydroxyl groups excluding tert-OH is 1. The Balaban J connectivity index is 1.82. The topological polar surface area (TPSA) is 122 Å².